The van der Waals surface area contributed by atoms with Crippen LogP contribution in [0.1, 0.15) is 10.4 Å². The van der Waals surface area contributed by atoms with Gasteiger partial charge in [-0.05, 0) is 36.4 Å². The zero-order valence-electron chi connectivity index (χ0n) is 12.3. The number of nitrogen functional groups attached to an aromatic ring is 1. The highest BCUT2D eigenvalue weighted by Crippen LogP contribution is 2.22. The lowest BCUT2D eigenvalue weighted by molar-refractivity contribution is 0.102. The Morgan fingerprint density at radius 2 is 1.67 bits per heavy atom. The van der Waals surface area contributed by atoms with E-state index in [1.807, 2.05) is 30.3 Å². The first kappa shape index (κ1) is 16.6. The summed E-state index contributed by atoms with van der Waals surface area (Å²) in [7, 11) is 0. The van der Waals surface area contributed by atoms with Gasteiger partial charge in [0, 0.05) is 32.0 Å². The van der Waals surface area contributed by atoms with Gasteiger partial charge in [0.25, 0.3) is 5.91 Å². The summed E-state index contributed by atoms with van der Waals surface area (Å²) in [6.45, 7) is 0. The second-order valence-corrected chi connectivity index (χ2v) is 6.82. The van der Waals surface area contributed by atoms with Gasteiger partial charge in [-0.3, -0.25) is 4.79 Å². The normalized spacial score (nSPS) is 10.4. The van der Waals surface area contributed by atoms with Crippen molar-refractivity contribution in [3.8, 4) is 11.3 Å². The van der Waals surface area contributed by atoms with Crippen LogP contribution in [0, 0.1) is 0 Å². The fraction of sp³-hybridized carbons (Fsp3) is 0. The summed E-state index contributed by atoms with van der Waals surface area (Å²) in [4.78, 5) is 20.4. The summed E-state index contributed by atoms with van der Waals surface area (Å²) in [5, 5.41) is 2.86. The molecule has 5 nitrogen and oxygen atoms in total. The van der Waals surface area contributed by atoms with Crippen LogP contribution in [0.3, 0.4) is 0 Å². The van der Waals surface area contributed by atoms with Crippen LogP contribution in [-0.2, 0) is 0 Å². The van der Waals surface area contributed by atoms with E-state index in [4.69, 9.17) is 5.73 Å². The molecule has 1 heterocycles. The van der Waals surface area contributed by atoms with Crippen LogP contribution in [0.15, 0.2) is 63.7 Å². The van der Waals surface area contributed by atoms with E-state index < -0.39 is 0 Å². The zero-order chi connectivity index (χ0) is 17.1. The van der Waals surface area contributed by atoms with E-state index in [9.17, 15) is 4.79 Å². The molecule has 1 aromatic heterocycles. The molecule has 0 saturated carbocycles. The van der Waals surface area contributed by atoms with Gasteiger partial charge in [-0.2, -0.15) is 0 Å². The molecule has 0 atom stereocenters. The number of anilines is 2. The number of rotatable bonds is 3. The minimum Gasteiger partial charge on any atom is -0.368 e. The van der Waals surface area contributed by atoms with Crippen LogP contribution in [-0.4, -0.2) is 15.9 Å². The summed E-state index contributed by atoms with van der Waals surface area (Å²) in [6, 6.07) is 14.6. The highest BCUT2D eigenvalue weighted by atomic mass is 79.9. The van der Waals surface area contributed by atoms with E-state index in [0.717, 1.165) is 20.2 Å². The molecule has 7 heteroatoms. The van der Waals surface area contributed by atoms with Gasteiger partial charge in [-0.15, -0.1) is 0 Å². The Kier molecular flexibility index (Phi) is 4.92. The second kappa shape index (κ2) is 7.11. The smallest absolute Gasteiger partial charge is 0.255 e. The van der Waals surface area contributed by atoms with E-state index in [2.05, 4.69) is 47.1 Å². The molecule has 2 aromatic carbocycles. The van der Waals surface area contributed by atoms with Crippen molar-refractivity contribution in [2.45, 2.75) is 0 Å². The molecule has 120 valence electrons. The Morgan fingerprint density at radius 1 is 1.00 bits per heavy atom. The zero-order valence-corrected chi connectivity index (χ0v) is 15.5. The van der Waals surface area contributed by atoms with Crippen molar-refractivity contribution in [2.75, 3.05) is 11.1 Å². The van der Waals surface area contributed by atoms with Crippen LogP contribution in [0.25, 0.3) is 11.3 Å². The molecule has 0 saturated heterocycles. The molecule has 0 fully saturated rings. The minimum atomic E-state index is -0.184. The first-order chi connectivity index (χ1) is 11.5. The van der Waals surface area contributed by atoms with Gasteiger partial charge in [0.05, 0.1) is 5.69 Å². The Balaban J connectivity index is 1.77. The molecule has 1 amide bonds. The maximum atomic E-state index is 12.3. The Labute approximate surface area is 155 Å². The van der Waals surface area contributed by atoms with Crippen molar-refractivity contribution in [1.82, 2.24) is 9.97 Å². The molecule has 3 aromatic rings. The van der Waals surface area contributed by atoms with Crippen LogP contribution in [0.5, 0.6) is 0 Å². The number of amides is 1. The SMILES string of the molecule is Nc1nccc(-c2ccc(NC(=O)c3cc(Br)cc(Br)c3)cc2)n1. The van der Waals surface area contributed by atoms with Gasteiger partial charge < -0.3 is 11.1 Å². The Morgan fingerprint density at radius 3 is 2.29 bits per heavy atom. The average Bonchev–Trinajstić information content (AvgIpc) is 2.54. The lowest BCUT2D eigenvalue weighted by Crippen LogP contribution is -2.11. The number of hydrogen-bond acceptors (Lipinski definition) is 4. The van der Waals surface area contributed by atoms with Crippen molar-refractivity contribution >= 4 is 49.4 Å². The van der Waals surface area contributed by atoms with Crippen LogP contribution >= 0.6 is 31.9 Å². The average molecular weight is 448 g/mol. The monoisotopic (exact) mass is 446 g/mol. The van der Waals surface area contributed by atoms with Crippen molar-refractivity contribution in [3.05, 3.63) is 69.2 Å². The van der Waals surface area contributed by atoms with Crippen molar-refractivity contribution in [2.24, 2.45) is 0 Å². The number of nitrogens with two attached hydrogens (primary N) is 1. The first-order valence-electron chi connectivity index (χ1n) is 6.98. The maximum absolute atomic E-state index is 12.3. The van der Waals surface area contributed by atoms with Gasteiger partial charge in [-0.25, -0.2) is 9.97 Å². The third-order valence-corrected chi connectivity index (χ3v) is 4.15. The van der Waals surface area contributed by atoms with Gasteiger partial charge in [-0.1, -0.05) is 44.0 Å². The van der Waals surface area contributed by atoms with E-state index in [0.29, 0.717) is 11.3 Å². The molecule has 0 spiro atoms. The van der Waals surface area contributed by atoms with Crippen molar-refractivity contribution in [1.29, 1.82) is 0 Å². The summed E-state index contributed by atoms with van der Waals surface area (Å²) >= 11 is 6.75. The molecule has 0 bridgehead atoms. The van der Waals surface area contributed by atoms with Crippen LogP contribution < -0.4 is 11.1 Å². The maximum Gasteiger partial charge on any atom is 0.255 e. The summed E-state index contributed by atoms with van der Waals surface area (Å²) in [6.07, 6.45) is 1.61. The molecule has 3 N–H and O–H groups in total. The Hall–Kier alpha value is -2.25. The quantitative estimate of drug-likeness (QED) is 0.619. The van der Waals surface area contributed by atoms with Gasteiger partial charge in [0.15, 0.2) is 0 Å². The summed E-state index contributed by atoms with van der Waals surface area (Å²) in [5.41, 5.74) is 8.48. The number of benzene rings is 2. The minimum absolute atomic E-state index is 0.184. The fourth-order valence-corrected chi connectivity index (χ4v) is 3.44. The number of carbonyl (C=O) groups excluding carboxylic acids is 1. The molecule has 0 unspecified atom stereocenters. The molecule has 0 radical (unpaired) electrons. The second-order valence-electron chi connectivity index (χ2n) is 4.99. The number of halogens is 2. The van der Waals surface area contributed by atoms with E-state index in [-0.39, 0.29) is 11.9 Å². The van der Waals surface area contributed by atoms with Crippen molar-refractivity contribution in [3.63, 3.8) is 0 Å². The first-order valence-corrected chi connectivity index (χ1v) is 8.56. The van der Waals surface area contributed by atoms with Crippen molar-refractivity contribution < 1.29 is 4.79 Å². The number of carbonyl (C=O) groups is 1. The lowest BCUT2D eigenvalue weighted by atomic mass is 10.1. The topological polar surface area (TPSA) is 80.9 Å². The standard InChI is InChI=1S/C17H12Br2N4O/c18-12-7-11(8-13(19)9-12)16(24)22-14-3-1-10(2-4-14)15-5-6-21-17(20)23-15/h1-9H,(H,22,24)(H2,20,21,23). The van der Waals surface area contributed by atoms with Gasteiger partial charge >= 0.3 is 0 Å². The van der Waals surface area contributed by atoms with E-state index in [1.54, 1.807) is 24.4 Å². The molecular weight excluding hydrogens is 436 g/mol. The number of nitrogens with one attached hydrogen (secondary N) is 1. The highest BCUT2D eigenvalue weighted by molar-refractivity contribution is 9.11. The molecule has 0 aliphatic heterocycles. The third kappa shape index (κ3) is 3.98. The van der Waals surface area contributed by atoms with Crippen LogP contribution in [0.2, 0.25) is 0 Å². The molecule has 3 rings (SSSR count). The predicted molar refractivity (Wildman–Crippen MR) is 102 cm³/mol. The molecule has 24 heavy (non-hydrogen) atoms. The Bertz CT molecular complexity index is 877. The number of nitrogens with zero attached hydrogens (tertiary/aromatic N) is 2. The van der Waals surface area contributed by atoms with Gasteiger partial charge in [0.2, 0.25) is 5.95 Å². The van der Waals surface area contributed by atoms with Gasteiger partial charge in [0.1, 0.15) is 0 Å². The third-order valence-electron chi connectivity index (χ3n) is 3.24. The van der Waals surface area contributed by atoms with Crippen LogP contribution in [0.4, 0.5) is 11.6 Å². The molecule has 0 aliphatic rings. The molecule has 0 aliphatic carbocycles. The summed E-state index contributed by atoms with van der Waals surface area (Å²) in [5.74, 6) is 0.0427. The number of hydrogen-bond donors (Lipinski definition) is 2. The number of aromatic nitrogens is 2. The summed E-state index contributed by atoms with van der Waals surface area (Å²) < 4.78 is 1.66. The lowest BCUT2D eigenvalue weighted by Gasteiger charge is -2.08. The predicted octanol–water partition coefficient (Wildman–Crippen LogP) is 4.50. The molecular formula is C17H12Br2N4O. The van der Waals surface area contributed by atoms with E-state index >= 15 is 0 Å². The van der Waals surface area contributed by atoms with E-state index in [1.165, 1.54) is 0 Å². The largest absolute Gasteiger partial charge is 0.368 e. The highest BCUT2D eigenvalue weighted by Gasteiger charge is 2.08. The fourth-order valence-electron chi connectivity index (χ4n) is 2.15.